The summed E-state index contributed by atoms with van der Waals surface area (Å²) in [6, 6.07) is 17.1. The van der Waals surface area contributed by atoms with Crippen molar-refractivity contribution in [2.75, 3.05) is 6.61 Å². The zero-order valence-corrected chi connectivity index (χ0v) is 17.6. The van der Waals surface area contributed by atoms with Crippen LogP contribution in [0.15, 0.2) is 54.6 Å². The van der Waals surface area contributed by atoms with Crippen LogP contribution in [0.1, 0.15) is 28.0 Å². The van der Waals surface area contributed by atoms with Crippen LogP contribution in [0, 0.1) is 12.7 Å². The van der Waals surface area contributed by atoms with Crippen LogP contribution in [0.2, 0.25) is 0 Å². The van der Waals surface area contributed by atoms with Gasteiger partial charge in [0.2, 0.25) is 0 Å². The first-order valence-electron chi connectivity index (χ1n) is 10.1. The Morgan fingerprint density at radius 2 is 1.87 bits per heavy atom. The molecule has 0 bridgehead atoms. The summed E-state index contributed by atoms with van der Waals surface area (Å²) in [6.07, 6.45) is 0.118. The van der Waals surface area contributed by atoms with Gasteiger partial charge in [0.05, 0.1) is 12.7 Å². The second kappa shape index (κ2) is 9.37. The third-order valence-electron chi connectivity index (χ3n) is 5.46. The van der Waals surface area contributed by atoms with Gasteiger partial charge in [-0.3, -0.25) is 0 Å². The van der Waals surface area contributed by atoms with E-state index < -0.39 is 18.3 Å². The number of rotatable bonds is 6. The molecule has 30 heavy (non-hydrogen) atoms. The molecule has 6 heteroatoms. The predicted molar refractivity (Wildman–Crippen MR) is 115 cm³/mol. The van der Waals surface area contributed by atoms with Crippen molar-refractivity contribution in [3.05, 3.63) is 82.0 Å². The summed E-state index contributed by atoms with van der Waals surface area (Å²) < 4.78 is 13.2. The Labute approximate surface area is 179 Å². The lowest BCUT2D eigenvalue weighted by atomic mass is 9.95. The Morgan fingerprint density at radius 1 is 1.07 bits per heavy atom. The molecule has 0 spiro atoms. The van der Waals surface area contributed by atoms with E-state index >= 15 is 0 Å². The van der Waals surface area contributed by atoms with Gasteiger partial charge in [-0.2, -0.15) is 0 Å². The molecule has 1 aromatic heterocycles. The molecule has 3 atom stereocenters. The molecule has 2 N–H and O–H groups in total. The number of aryl methyl sites for hydroxylation is 1. The molecule has 1 aliphatic heterocycles. The van der Waals surface area contributed by atoms with Crippen molar-refractivity contribution in [3.8, 4) is 10.4 Å². The Morgan fingerprint density at radius 3 is 2.60 bits per heavy atom. The largest absolute Gasteiger partial charge is 0.394 e. The minimum absolute atomic E-state index is 0.167. The molecule has 1 aliphatic rings. The van der Waals surface area contributed by atoms with Gasteiger partial charge in [-0.25, -0.2) is 14.2 Å². The first-order chi connectivity index (χ1) is 14.5. The lowest BCUT2D eigenvalue weighted by Crippen LogP contribution is -2.42. The number of thiophene rings is 1. The lowest BCUT2D eigenvalue weighted by Gasteiger charge is -2.31. The van der Waals surface area contributed by atoms with Crippen LogP contribution in [-0.2, 0) is 22.6 Å². The van der Waals surface area contributed by atoms with Crippen molar-refractivity contribution >= 4 is 11.3 Å². The third-order valence-corrected chi connectivity index (χ3v) is 6.59. The second-order valence-corrected chi connectivity index (χ2v) is 8.92. The fraction of sp³-hybridized carbons (Fsp3) is 0.333. The molecule has 0 radical (unpaired) electrons. The van der Waals surface area contributed by atoms with E-state index in [-0.39, 0.29) is 12.4 Å². The summed E-state index contributed by atoms with van der Waals surface area (Å²) in [4.78, 5) is 12.8. The molecule has 0 aliphatic carbocycles. The van der Waals surface area contributed by atoms with Crippen molar-refractivity contribution in [1.82, 2.24) is 0 Å². The van der Waals surface area contributed by atoms with Gasteiger partial charge in [-0.15, -0.1) is 11.3 Å². The van der Waals surface area contributed by atoms with E-state index in [0.717, 1.165) is 22.4 Å². The van der Waals surface area contributed by atoms with Gasteiger partial charge in [0.15, 0.2) is 0 Å². The van der Waals surface area contributed by atoms with Crippen LogP contribution in [-0.4, -0.2) is 35.1 Å². The van der Waals surface area contributed by atoms with Gasteiger partial charge in [-0.1, -0.05) is 30.3 Å². The van der Waals surface area contributed by atoms with Gasteiger partial charge < -0.3 is 10.2 Å². The fourth-order valence-corrected chi connectivity index (χ4v) is 4.69. The highest BCUT2D eigenvalue weighted by molar-refractivity contribution is 7.15. The van der Waals surface area contributed by atoms with E-state index in [2.05, 4.69) is 31.2 Å². The Bertz CT molecular complexity index is 985. The van der Waals surface area contributed by atoms with E-state index in [9.17, 15) is 9.50 Å². The van der Waals surface area contributed by atoms with Crippen LogP contribution in [0.4, 0.5) is 4.39 Å². The van der Waals surface area contributed by atoms with Gasteiger partial charge in [0.1, 0.15) is 18.0 Å². The zero-order chi connectivity index (χ0) is 21.1. The predicted octanol–water partition coefficient (Wildman–Crippen LogP) is 4.44. The van der Waals surface area contributed by atoms with Crippen LogP contribution in [0.5, 0.6) is 0 Å². The van der Waals surface area contributed by atoms with Gasteiger partial charge in [0.25, 0.3) is 0 Å². The lowest BCUT2D eigenvalue weighted by molar-refractivity contribution is -0.394. The van der Waals surface area contributed by atoms with Crippen LogP contribution in [0.3, 0.4) is 0 Å². The Kier molecular flexibility index (Phi) is 6.61. The monoisotopic (exact) mass is 428 g/mol. The minimum atomic E-state index is -0.670. The molecule has 1 fully saturated rings. The molecule has 2 heterocycles. The SMILES string of the molecule is Cc1ccc(CC2OOC(CO)CC2O)cc1Cc1ccc(-c2ccc(F)cc2)s1. The first-order valence-corrected chi connectivity index (χ1v) is 10.9. The Hall–Kier alpha value is -2.09. The van der Waals surface area contributed by atoms with Crippen molar-refractivity contribution in [1.29, 1.82) is 0 Å². The summed E-state index contributed by atoms with van der Waals surface area (Å²) in [7, 11) is 0. The molecular weight excluding hydrogens is 403 g/mol. The van der Waals surface area contributed by atoms with Crippen LogP contribution in [0.25, 0.3) is 10.4 Å². The van der Waals surface area contributed by atoms with E-state index in [0.29, 0.717) is 12.8 Å². The molecular formula is C24H25FO4S. The topological polar surface area (TPSA) is 58.9 Å². The maximum absolute atomic E-state index is 13.2. The molecule has 0 amide bonds. The van der Waals surface area contributed by atoms with E-state index in [1.807, 2.05) is 6.07 Å². The van der Waals surface area contributed by atoms with E-state index in [4.69, 9.17) is 14.9 Å². The number of hydrogen-bond acceptors (Lipinski definition) is 5. The summed E-state index contributed by atoms with van der Waals surface area (Å²) in [5, 5.41) is 19.4. The molecule has 2 aromatic carbocycles. The maximum atomic E-state index is 13.2. The molecule has 4 nitrogen and oxygen atoms in total. The van der Waals surface area contributed by atoms with E-state index in [1.165, 1.54) is 28.1 Å². The second-order valence-electron chi connectivity index (χ2n) is 7.75. The maximum Gasteiger partial charge on any atom is 0.123 e. The van der Waals surface area contributed by atoms with Crippen LogP contribution >= 0.6 is 11.3 Å². The van der Waals surface area contributed by atoms with Crippen molar-refractivity contribution in [2.45, 2.75) is 44.5 Å². The van der Waals surface area contributed by atoms with E-state index in [1.54, 1.807) is 23.5 Å². The number of hydrogen-bond donors (Lipinski definition) is 2. The quantitative estimate of drug-likeness (QED) is 0.570. The molecule has 1 saturated heterocycles. The summed E-state index contributed by atoms with van der Waals surface area (Å²) in [5.74, 6) is -0.229. The average Bonchev–Trinajstić information content (AvgIpc) is 3.21. The van der Waals surface area contributed by atoms with Gasteiger partial charge in [0, 0.05) is 29.0 Å². The normalized spacial score (nSPS) is 21.7. The molecule has 4 rings (SSSR count). The standard InChI is InChI=1S/C24H25FO4S/c1-15-2-3-16(11-23-22(27)13-20(14-26)28-29-23)10-18(15)12-21-8-9-24(30-21)17-4-6-19(25)7-5-17/h2-10,20,22-23,26-27H,11-14H2,1H3. The molecule has 3 unspecified atom stereocenters. The van der Waals surface area contributed by atoms with Crippen molar-refractivity contribution in [3.63, 3.8) is 0 Å². The summed E-state index contributed by atoms with van der Waals surface area (Å²) in [6.45, 7) is 1.92. The van der Waals surface area contributed by atoms with Crippen molar-refractivity contribution in [2.24, 2.45) is 0 Å². The first kappa shape index (κ1) is 21.2. The zero-order valence-electron chi connectivity index (χ0n) is 16.8. The third kappa shape index (κ3) is 4.96. The fourth-order valence-electron chi connectivity index (χ4n) is 3.65. The average molecular weight is 429 g/mol. The van der Waals surface area contributed by atoms with Gasteiger partial charge >= 0.3 is 0 Å². The van der Waals surface area contributed by atoms with Crippen molar-refractivity contribution < 1.29 is 24.4 Å². The minimum Gasteiger partial charge on any atom is -0.394 e. The number of halogens is 1. The molecule has 0 saturated carbocycles. The molecule has 3 aromatic rings. The number of aliphatic hydroxyl groups is 2. The molecule has 158 valence electrons. The Balaban J connectivity index is 1.46. The highest BCUT2D eigenvalue weighted by atomic mass is 32.1. The highest BCUT2D eigenvalue weighted by Crippen LogP contribution is 2.30. The summed E-state index contributed by atoms with van der Waals surface area (Å²) >= 11 is 1.71. The smallest absolute Gasteiger partial charge is 0.123 e. The number of aliphatic hydroxyl groups excluding tert-OH is 2. The summed E-state index contributed by atoms with van der Waals surface area (Å²) in [5.41, 5.74) is 4.51. The number of benzene rings is 2. The van der Waals surface area contributed by atoms with Crippen LogP contribution < -0.4 is 0 Å². The highest BCUT2D eigenvalue weighted by Gasteiger charge is 2.31. The van der Waals surface area contributed by atoms with Gasteiger partial charge in [-0.05, 0) is 53.4 Å².